The highest BCUT2D eigenvalue weighted by molar-refractivity contribution is 6.01. The molecule has 2 aromatic rings. The van der Waals surface area contributed by atoms with E-state index in [-0.39, 0.29) is 23.8 Å². The number of nitrogens with one attached hydrogen (secondary N) is 1. The lowest BCUT2D eigenvalue weighted by molar-refractivity contribution is -0.153. The van der Waals surface area contributed by atoms with E-state index in [4.69, 9.17) is 4.74 Å². The Labute approximate surface area is 177 Å². The van der Waals surface area contributed by atoms with Crippen molar-refractivity contribution < 1.29 is 14.3 Å². The monoisotopic (exact) mass is 401 g/mol. The molecule has 154 valence electrons. The second-order valence-corrected chi connectivity index (χ2v) is 8.69. The normalized spacial score (nSPS) is 24.7. The SMILES string of the molecule is C=C1NC2=C(C(=O)CCC2)C(c2cccc3ccccc23)C1C(=O)OC1CCCC1. The topological polar surface area (TPSA) is 55.4 Å². The summed E-state index contributed by atoms with van der Waals surface area (Å²) in [5.74, 6) is -1.09. The van der Waals surface area contributed by atoms with Crippen molar-refractivity contribution in [2.75, 3.05) is 0 Å². The van der Waals surface area contributed by atoms with Crippen LogP contribution in [0.2, 0.25) is 0 Å². The summed E-state index contributed by atoms with van der Waals surface area (Å²) in [7, 11) is 0. The fourth-order valence-electron chi connectivity index (χ4n) is 5.37. The molecule has 30 heavy (non-hydrogen) atoms. The minimum Gasteiger partial charge on any atom is -0.462 e. The zero-order valence-electron chi connectivity index (χ0n) is 17.2. The molecule has 3 aliphatic rings. The van der Waals surface area contributed by atoms with Gasteiger partial charge in [-0.05, 0) is 54.9 Å². The number of fused-ring (bicyclic) bond motifs is 1. The van der Waals surface area contributed by atoms with E-state index >= 15 is 0 Å². The summed E-state index contributed by atoms with van der Waals surface area (Å²) < 4.78 is 5.93. The number of allylic oxidation sites excluding steroid dienone is 2. The second-order valence-electron chi connectivity index (χ2n) is 8.69. The average Bonchev–Trinajstić information content (AvgIpc) is 3.25. The second kappa shape index (κ2) is 7.75. The van der Waals surface area contributed by atoms with Crippen LogP contribution in [0.15, 0.2) is 66.0 Å². The maximum Gasteiger partial charge on any atom is 0.316 e. The highest BCUT2D eigenvalue weighted by atomic mass is 16.5. The van der Waals surface area contributed by atoms with E-state index in [1.807, 2.05) is 24.3 Å². The standard InChI is InChI=1S/C26H27NO3/c1-16-23(26(29)30-18-10-3-4-11-18)24(25-21(27-16)14-7-15-22(25)28)20-13-6-9-17-8-2-5-12-19(17)20/h2,5-6,8-9,12-13,18,23-24,27H,1,3-4,7,10-11,14-15H2. The Bertz CT molecular complexity index is 1060. The predicted octanol–water partition coefficient (Wildman–Crippen LogP) is 5.15. The Morgan fingerprint density at radius 1 is 1.00 bits per heavy atom. The van der Waals surface area contributed by atoms with Crippen LogP contribution in [0.1, 0.15) is 56.4 Å². The minimum atomic E-state index is -0.600. The molecular weight excluding hydrogens is 374 g/mol. The Balaban J connectivity index is 1.65. The van der Waals surface area contributed by atoms with Gasteiger partial charge in [-0.1, -0.05) is 49.0 Å². The minimum absolute atomic E-state index is 0.0177. The molecule has 1 fully saturated rings. The molecule has 4 heteroatoms. The lowest BCUT2D eigenvalue weighted by Gasteiger charge is -2.39. The molecule has 2 unspecified atom stereocenters. The Morgan fingerprint density at radius 2 is 1.77 bits per heavy atom. The maximum atomic E-state index is 13.4. The van der Waals surface area contributed by atoms with E-state index in [2.05, 4.69) is 30.1 Å². The van der Waals surface area contributed by atoms with Crippen molar-refractivity contribution in [3.8, 4) is 0 Å². The first-order valence-electron chi connectivity index (χ1n) is 11.0. The Hall–Kier alpha value is -2.88. The van der Waals surface area contributed by atoms with E-state index in [0.29, 0.717) is 12.1 Å². The van der Waals surface area contributed by atoms with E-state index in [1.165, 1.54) is 0 Å². The van der Waals surface area contributed by atoms with Crippen molar-refractivity contribution in [3.05, 3.63) is 71.6 Å². The van der Waals surface area contributed by atoms with Gasteiger partial charge in [0, 0.05) is 29.3 Å². The summed E-state index contributed by atoms with van der Waals surface area (Å²) >= 11 is 0. The molecule has 1 aliphatic heterocycles. The summed E-state index contributed by atoms with van der Waals surface area (Å²) in [6, 6.07) is 14.3. The molecule has 0 aromatic heterocycles. The lowest BCUT2D eigenvalue weighted by atomic mass is 9.70. The van der Waals surface area contributed by atoms with E-state index in [9.17, 15) is 9.59 Å². The van der Waals surface area contributed by atoms with Crippen LogP contribution in [-0.2, 0) is 14.3 Å². The van der Waals surface area contributed by atoms with Crippen LogP contribution in [0, 0.1) is 5.92 Å². The molecule has 0 radical (unpaired) electrons. The van der Waals surface area contributed by atoms with Crippen molar-refractivity contribution in [2.24, 2.45) is 5.92 Å². The number of rotatable bonds is 3. The number of Topliss-reactive ketones (excluding diaryl/α,β-unsaturated/α-hetero) is 1. The number of esters is 1. The van der Waals surface area contributed by atoms with Gasteiger partial charge in [-0.3, -0.25) is 9.59 Å². The van der Waals surface area contributed by atoms with Crippen LogP contribution in [0.5, 0.6) is 0 Å². The van der Waals surface area contributed by atoms with E-state index in [1.54, 1.807) is 0 Å². The van der Waals surface area contributed by atoms with Gasteiger partial charge in [-0.2, -0.15) is 0 Å². The molecule has 2 aliphatic carbocycles. The molecule has 0 saturated heterocycles. The van der Waals surface area contributed by atoms with Crippen LogP contribution in [0.3, 0.4) is 0 Å². The number of ketones is 1. The van der Waals surface area contributed by atoms with Crippen LogP contribution in [0.25, 0.3) is 10.8 Å². The average molecular weight is 402 g/mol. The summed E-state index contributed by atoms with van der Waals surface area (Å²) in [5, 5.41) is 5.49. The third kappa shape index (κ3) is 3.24. The number of carbonyl (C=O) groups excluding carboxylic acids is 2. The molecule has 1 heterocycles. The molecule has 0 amide bonds. The maximum absolute atomic E-state index is 13.4. The zero-order valence-corrected chi connectivity index (χ0v) is 17.2. The van der Waals surface area contributed by atoms with Crippen molar-refractivity contribution in [1.29, 1.82) is 0 Å². The third-order valence-corrected chi connectivity index (χ3v) is 6.78. The number of ether oxygens (including phenoxy) is 1. The number of benzene rings is 2. The fraction of sp³-hybridized carbons (Fsp3) is 0.385. The predicted molar refractivity (Wildman–Crippen MR) is 117 cm³/mol. The van der Waals surface area contributed by atoms with E-state index < -0.39 is 5.92 Å². The fourth-order valence-corrected chi connectivity index (χ4v) is 5.37. The summed E-state index contributed by atoms with van der Waals surface area (Å²) in [4.78, 5) is 26.5. The Kier molecular flexibility index (Phi) is 4.93. The van der Waals surface area contributed by atoms with Crippen molar-refractivity contribution in [1.82, 2.24) is 5.32 Å². The quantitative estimate of drug-likeness (QED) is 0.723. The van der Waals surface area contributed by atoms with Crippen LogP contribution in [0.4, 0.5) is 0 Å². The highest BCUT2D eigenvalue weighted by Crippen LogP contribution is 2.46. The van der Waals surface area contributed by atoms with Crippen molar-refractivity contribution in [2.45, 2.75) is 57.0 Å². The molecule has 4 nitrogen and oxygen atoms in total. The molecule has 1 saturated carbocycles. The van der Waals surface area contributed by atoms with E-state index in [0.717, 1.165) is 66.1 Å². The van der Waals surface area contributed by atoms with Gasteiger partial charge in [0.25, 0.3) is 0 Å². The van der Waals surface area contributed by atoms with Gasteiger partial charge in [0.2, 0.25) is 0 Å². The smallest absolute Gasteiger partial charge is 0.316 e. The van der Waals surface area contributed by atoms with Crippen LogP contribution >= 0.6 is 0 Å². The molecule has 0 spiro atoms. The van der Waals surface area contributed by atoms with Crippen LogP contribution < -0.4 is 5.32 Å². The number of hydrogen-bond donors (Lipinski definition) is 1. The van der Waals surface area contributed by atoms with Gasteiger partial charge >= 0.3 is 5.97 Å². The number of carbonyl (C=O) groups is 2. The van der Waals surface area contributed by atoms with Gasteiger partial charge in [0.15, 0.2) is 5.78 Å². The first-order valence-corrected chi connectivity index (χ1v) is 11.0. The molecule has 2 atom stereocenters. The summed E-state index contributed by atoms with van der Waals surface area (Å²) in [6.07, 6.45) is 6.19. The molecule has 1 N–H and O–H groups in total. The van der Waals surface area contributed by atoms with Crippen molar-refractivity contribution in [3.63, 3.8) is 0 Å². The van der Waals surface area contributed by atoms with Gasteiger partial charge in [0.1, 0.15) is 12.0 Å². The van der Waals surface area contributed by atoms with Crippen LogP contribution in [-0.4, -0.2) is 17.9 Å². The first-order chi connectivity index (χ1) is 14.6. The molecular formula is C26H27NO3. The lowest BCUT2D eigenvalue weighted by Crippen LogP contribution is -2.41. The Morgan fingerprint density at radius 3 is 2.60 bits per heavy atom. The number of hydrogen-bond acceptors (Lipinski definition) is 4. The van der Waals surface area contributed by atoms with Crippen molar-refractivity contribution >= 4 is 22.5 Å². The molecule has 2 aromatic carbocycles. The largest absolute Gasteiger partial charge is 0.462 e. The third-order valence-electron chi connectivity index (χ3n) is 6.78. The van der Waals surface area contributed by atoms with Gasteiger partial charge in [0.05, 0.1) is 0 Å². The molecule has 5 rings (SSSR count). The zero-order chi connectivity index (χ0) is 20.7. The van der Waals surface area contributed by atoms with Gasteiger partial charge in [-0.25, -0.2) is 0 Å². The molecule has 0 bridgehead atoms. The van der Waals surface area contributed by atoms with Gasteiger partial charge < -0.3 is 10.1 Å². The summed E-state index contributed by atoms with van der Waals surface area (Å²) in [6.45, 7) is 4.21. The van der Waals surface area contributed by atoms with Gasteiger partial charge in [-0.15, -0.1) is 0 Å². The first kappa shape index (κ1) is 19.1. The highest BCUT2D eigenvalue weighted by Gasteiger charge is 2.44. The summed E-state index contributed by atoms with van der Waals surface area (Å²) in [5.41, 5.74) is 3.33.